The van der Waals surface area contributed by atoms with Gasteiger partial charge in [-0.1, -0.05) is 25.4 Å². The first-order valence-electron chi connectivity index (χ1n) is 4.72. The van der Waals surface area contributed by atoms with Crippen molar-refractivity contribution in [3.05, 3.63) is 23.2 Å². The van der Waals surface area contributed by atoms with Crippen molar-refractivity contribution in [1.82, 2.24) is 9.97 Å². The normalized spacial score (nSPS) is 10.9. The van der Waals surface area contributed by atoms with Crippen LogP contribution in [0.1, 0.15) is 26.0 Å². The first-order valence-corrected chi connectivity index (χ1v) is 5.10. The molecule has 3 nitrogen and oxygen atoms in total. The fraction of sp³-hybridized carbons (Fsp3) is 0.600. The zero-order valence-corrected chi connectivity index (χ0v) is 9.29. The maximum absolute atomic E-state index is 5.60. The van der Waals surface area contributed by atoms with E-state index < -0.39 is 0 Å². The van der Waals surface area contributed by atoms with Gasteiger partial charge in [-0.2, -0.15) is 0 Å². The van der Waals surface area contributed by atoms with E-state index in [-0.39, 0.29) is 0 Å². The summed E-state index contributed by atoms with van der Waals surface area (Å²) in [7, 11) is 0. The molecule has 0 saturated heterocycles. The molecule has 0 bridgehead atoms. The molecule has 14 heavy (non-hydrogen) atoms. The summed E-state index contributed by atoms with van der Waals surface area (Å²) >= 11 is 5.60. The number of rotatable bonds is 5. The van der Waals surface area contributed by atoms with E-state index in [1.807, 2.05) is 0 Å². The number of halogens is 1. The van der Waals surface area contributed by atoms with Crippen molar-refractivity contribution in [2.45, 2.75) is 26.9 Å². The molecule has 0 saturated carbocycles. The fourth-order valence-corrected chi connectivity index (χ4v) is 1.01. The van der Waals surface area contributed by atoms with Crippen molar-refractivity contribution in [2.24, 2.45) is 5.92 Å². The molecule has 4 heteroatoms. The molecule has 0 aliphatic heterocycles. The minimum absolute atomic E-state index is 0.413. The van der Waals surface area contributed by atoms with Gasteiger partial charge < -0.3 is 4.74 Å². The number of aromatic nitrogens is 2. The maximum Gasteiger partial charge on any atom is 0.147 e. The third kappa shape index (κ3) is 4.53. The SMILES string of the molecule is CC(C)CCOCc1cnc(Cl)cn1. The van der Waals surface area contributed by atoms with E-state index >= 15 is 0 Å². The lowest BCUT2D eigenvalue weighted by Crippen LogP contribution is -2.01. The molecule has 0 aromatic carbocycles. The van der Waals surface area contributed by atoms with Crippen LogP contribution in [0.3, 0.4) is 0 Å². The van der Waals surface area contributed by atoms with Crippen LogP contribution in [-0.4, -0.2) is 16.6 Å². The summed E-state index contributed by atoms with van der Waals surface area (Å²) in [6.07, 6.45) is 4.24. The average Bonchev–Trinajstić information content (AvgIpc) is 2.15. The molecule has 1 heterocycles. The standard InChI is InChI=1S/C10H15ClN2O/c1-8(2)3-4-14-7-9-5-13-10(11)6-12-9/h5-6,8H,3-4,7H2,1-2H3. The highest BCUT2D eigenvalue weighted by molar-refractivity contribution is 6.29. The molecule has 78 valence electrons. The van der Waals surface area contributed by atoms with E-state index in [9.17, 15) is 0 Å². The third-order valence-electron chi connectivity index (χ3n) is 1.76. The Kier molecular flexibility index (Phi) is 4.84. The Hall–Kier alpha value is -0.670. The summed E-state index contributed by atoms with van der Waals surface area (Å²) in [5.41, 5.74) is 0.818. The molecule has 1 aromatic rings. The number of ether oxygens (including phenoxy) is 1. The number of hydrogen-bond donors (Lipinski definition) is 0. The van der Waals surface area contributed by atoms with Crippen LogP contribution >= 0.6 is 11.6 Å². The van der Waals surface area contributed by atoms with Crippen LogP contribution in [0.2, 0.25) is 5.15 Å². The van der Waals surface area contributed by atoms with Crippen molar-refractivity contribution in [2.75, 3.05) is 6.61 Å². The van der Waals surface area contributed by atoms with Crippen molar-refractivity contribution in [3.8, 4) is 0 Å². The second-order valence-corrected chi connectivity index (χ2v) is 3.95. The van der Waals surface area contributed by atoms with Gasteiger partial charge in [0.05, 0.1) is 24.7 Å². The summed E-state index contributed by atoms with van der Waals surface area (Å²) in [5, 5.41) is 0.413. The van der Waals surface area contributed by atoms with Crippen molar-refractivity contribution < 1.29 is 4.74 Å². The Balaban J connectivity index is 2.21. The molecule has 0 fully saturated rings. The van der Waals surface area contributed by atoms with Crippen LogP contribution in [-0.2, 0) is 11.3 Å². The topological polar surface area (TPSA) is 35.0 Å². The second kappa shape index (κ2) is 5.94. The molecule has 0 radical (unpaired) electrons. The Morgan fingerprint density at radius 1 is 1.36 bits per heavy atom. The first-order chi connectivity index (χ1) is 6.68. The van der Waals surface area contributed by atoms with E-state index in [0.29, 0.717) is 17.7 Å². The highest BCUT2D eigenvalue weighted by Gasteiger charge is 1.97. The summed E-state index contributed by atoms with van der Waals surface area (Å²) in [6, 6.07) is 0. The van der Waals surface area contributed by atoms with E-state index in [1.54, 1.807) is 6.20 Å². The third-order valence-corrected chi connectivity index (χ3v) is 1.96. The summed E-state index contributed by atoms with van der Waals surface area (Å²) in [5.74, 6) is 0.673. The Morgan fingerprint density at radius 2 is 2.14 bits per heavy atom. The molecule has 1 rings (SSSR count). The van der Waals surface area contributed by atoms with Crippen LogP contribution in [0.4, 0.5) is 0 Å². The van der Waals surface area contributed by atoms with Crippen LogP contribution in [0.15, 0.2) is 12.4 Å². The van der Waals surface area contributed by atoms with Gasteiger partial charge in [-0.25, -0.2) is 4.98 Å². The van der Waals surface area contributed by atoms with Gasteiger partial charge in [-0.3, -0.25) is 4.98 Å². The molecular weight excluding hydrogens is 200 g/mol. The van der Waals surface area contributed by atoms with Gasteiger partial charge >= 0.3 is 0 Å². The highest BCUT2D eigenvalue weighted by Crippen LogP contribution is 2.04. The van der Waals surface area contributed by atoms with Gasteiger partial charge in [0.15, 0.2) is 0 Å². The van der Waals surface area contributed by atoms with Gasteiger partial charge in [-0.05, 0) is 12.3 Å². The molecule has 0 N–H and O–H groups in total. The van der Waals surface area contributed by atoms with Crippen molar-refractivity contribution in [1.29, 1.82) is 0 Å². The van der Waals surface area contributed by atoms with Gasteiger partial charge in [0.2, 0.25) is 0 Å². The van der Waals surface area contributed by atoms with E-state index in [4.69, 9.17) is 16.3 Å². The Labute approximate surface area is 89.5 Å². The van der Waals surface area contributed by atoms with Crippen LogP contribution in [0.25, 0.3) is 0 Å². The predicted molar refractivity (Wildman–Crippen MR) is 56.2 cm³/mol. The van der Waals surface area contributed by atoms with Crippen molar-refractivity contribution >= 4 is 11.6 Å². The van der Waals surface area contributed by atoms with Crippen LogP contribution in [0.5, 0.6) is 0 Å². The highest BCUT2D eigenvalue weighted by atomic mass is 35.5. The lowest BCUT2D eigenvalue weighted by Gasteiger charge is -2.05. The molecular formula is C10H15ClN2O. The largest absolute Gasteiger partial charge is 0.375 e. The first kappa shape index (κ1) is 11.4. The zero-order chi connectivity index (χ0) is 10.4. The molecule has 0 amide bonds. The summed E-state index contributed by atoms with van der Waals surface area (Å²) in [6.45, 7) is 5.62. The molecule has 0 aliphatic rings. The van der Waals surface area contributed by atoms with E-state index in [0.717, 1.165) is 18.7 Å². The lowest BCUT2D eigenvalue weighted by atomic mass is 10.1. The molecule has 0 unspecified atom stereocenters. The lowest BCUT2D eigenvalue weighted by molar-refractivity contribution is 0.108. The summed E-state index contributed by atoms with van der Waals surface area (Å²) in [4.78, 5) is 7.99. The van der Waals surface area contributed by atoms with Crippen LogP contribution in [0, 0.1) is 5.92 Å². The molecule has 0 aliphatic carbocycles. The quantitative estimate of drug-likeness (QED) is 0.707. The van der Waals surface area contributed by atoms with Gasteiger partial charge in [0.1, 0.15) is 5.15 Å². The van der Waals surface area contributed by atoms with Crippen LogP contribution < -0.4 is 0 Å². The maximum atomic E-state index is 5.60. The Morgan fingerprint density at radius 3 is 2.71 bits per heavy atom. The smallest absolute Gasteiger partial charge is 0.147 e. The van der Waals surface area contributed by atoms with Gasteiger partial charge in [-0.15, -0.1) is 0 Å². The predicted octanol–water partition coefficient (Wildman–Crippen LogP) is 2.69. The Bertz CT molecular complexity index is 261. The molecule has 0 atom stereocenters. The van der Waals surface area contributed by atoms with E-state index in [1.165, 1.54) is 6.20 Å². The fourth-order valence-electron chi connectivity index (χ4n) is 0.909. The zero-order valence-electron chi connectivity index (χ0n) is 8.53. The van der Waals surface area contributed by atoms with Gasteiger partial charge in [0, 0.05) is 6.61 Å². The summed E-state index contributed by atoms with van der Waals surface area (Å²) < 4.78 is 5.42. The second-order valence-electron chi connectivity index (χ2n) is 3.57. The minimum atomic E-state index is 0.413. The molecule has 1 aromatic heterocycles. The van der Waals surface area contributed by atoms with E-state index in [2.05, 4.69) is 23.8 Å². The minimum Gasteiger partial charge on any atom is -0.375 e. The number of hydrogen-bond acceptors (Lipinski definition) is 3. The van der Waals surface area contributed by atoms with Gasteiger partial charge in [0.25, 0.3) is 0 Å². The monoisotopic (exact) mass is 214 g/mol. The number of nitrogens with zero attached hydrogens (tertiary/aromatic N) is 2. The average molecular weight is 215 g/mol. The van der Waals surface area contributed by atoms with Crippen molar-refractivity contribution in [3.63, 3.8) is 0 Å². The molecule has 0 spiro atoms.